The SMILES string of the molecule is CSc1ccc(C(=O)N(C)CC(=O)Nc2ccccc2C(F)(F)F)cc1. The largest absolute Gasteiger partial charge is 0.418 e. The van der Waals surface area contributed by atoms with E-state index in [1.165, 1.54) is 37.0 Å². The Morgan fingerprint density at radius 2 is 1.69 bits per heavy atom. The fourth-order valence-corrected chi connectivity index (χ4v) is 2.68. The molecule has 0 spiro atoms. The summed E-state index contributed by atoms with van der Waals surface area (Å²) in [5, 5.41) is 2.22. The molecule has 0 unspecified atom stereocenters. The summed E-state index contributed by atoms with van der Waals surface area (Å²) < 4.78 is 38.9. The maximum atomic E-state index is 13.0. The van der Waals surface area contributed by atoms with Crippen LogP contribution < -0.4 is 5.32 Å². The molecule has 26 heavy (non-hydrogen) atoms. The number of anilines is 1. The van der Waals surface area contributed by atoms with Gasteiger partial charge < -0.3 is 10.2 Å². The summed E-state index contributed by atoms with van der Waals surface area (Å²) in [6, 6.07) is 11.5. The number of thioether (sulfide) groups is 1. The van der Waals surface area contributed by atoms with Crippen molar-refractivity contribution in [2.24, 2.45) is 0 Å². The predicted molar refractivity (Wildman–Crippen MR) is 95.3 cm³/mol. The highest BCUT2D eigenvalue weighted by Crippen LogP contribution is 2.34. The zero-order chi connectivity index (χ0) is 19.3. The number of likely N-dealkylation sites (N-methyl/N-ethyl adjacent to an activating group) is 1. The Morgan fingerprint density at radius 1 is 1.08 bits per heavy atom. The molecule has 0 fully saturated rings. The van der Waals surface area contributed by atoms with Gasteiger partial charge in [0.15, 0.2) is 0 Å². The van der Waals surface area contributed by atoms with Crippen molar-refractivity contribution in [1.82, 2.24) is 4.90 Å². The van der Waals surface area contributed by atoms with E-state index < -0.39 is 23.6 Å². The summed E-state index contributed by atoms with van der Waals surface area (Å²) in [6.45, 7) is -0.366. The molecular weight excluding hydrogens is 365 g/mol. The second-order valence-corrected chi connectivity index (χ2v) is 6.36. The van der Waals surface area contributed by atoms with Gasteiger partial charge >= 0.3 is 6.18 Å². The van der Waals surface area contributed by atoms with E-state index in [9.17, 15) is 22.8 Å². The lowest BCUT2D eigenvalue weighted by Crippen LogP contribution is -2.35. The lowest BCUT2D eigenvalue weighted by Gasteiger charge is -2.18. The van der Waals surface area contributed by atoms with Crippen LogP contribution in [-0.4, -0.2) is 36.6 Å². The molecule has 0 heterocycles. The zero-order valence-electron chi connectivity index (χ0n) is 14.1. The number of carbonyl (C=O) groups is 2. The highest BCUT2D eigenvalue weighted by molar-refractivity contribution is 7.98. The smallest absolute Gasteiger partial charge is 0.332 e. The van der Waals surface area contributed by atoms with Gasteiger partial charge in [0.2, 0.25) is 5.91 Å². The molecule has 0 bridgehead atoms. The fourth-order valence-electron chi connectivity index (χ4n) is 2.27. The first kappa shape index (κ1) is 19.8. The van der Waals surface area contributed by atoms with Crippen LogP contribution in [0.15, 0.2) is 53.4 Å². The van der Waals surface area contributed by atoms with E-state index in [4.69, 9.17) is 0 Å². The monoisotopic (exact) mass is 382 g/mol. The molecule has 1 N–H and O–H groups in total. The number of nitrogens with zero attached hydrogens (tertiary/aromatic N) is 1. The number of nitrogens with one attached hydrogen (secondary N) is 1. The second-order valence-electron chi connectivity index (χ2n) is 5.48. The number of para-hydroxylation sites is 1. The molecule has 2 aromatic rings. The molecule has 0 saturated heterocycles. The molecule has 4 nitrogen and oxygen atoms in total. The summed E-state index contributed by atoms with van der Waals surface area (Å²) in [7, 11) is 1.42. The molecule has 0 saturated carbocycles. The number of carbonyl (C=O) groups excluding carboxylic acids is 2. The van der Waals surface area contributed by atoms with Crippen molar-refractivity contribution in [1.29, 1.82) is 0 Å². The number of hydrogen-bond acceptors (Lipinski definition) is 3. The van der Waals surface area contributed by atoms with Gasteiger partial charge in [0, 0.05) is 17.5 Å². The van der Waals surface area contributed by atoms with Crippen LogP contribution in [0.25, 0.3) is 0 Å². The Kier molecular flexibility index (Phi) is 6.31. The quantitative estimate of drug-likeness (QED) is 0.791. The topological polar surface area (TPSA) is 49.4 Å². The zero-order valence-corrected chi connectivity index (χ0v) is 14.9. The predicted octanol–water partition coefficient (Wildman–Crippen LogP) is 4.14. The summed E-state index contributed by atoms with van der Waals surface area (Å²) in [5.41, 5.74) is -0.876. The van der Waals surface area contributed by atoms with E-state index in [1.807, 2.05) is 6.26 Å². The molecule has 138 valence electrons. The number of alkyl halides is 3. The van der Waals surface area contributed by atoms with Crippen LogP contribution in [0.4, 0.5) is 18.9 Å². The molecule has 0 aliphatic heterocycles. The van der Waals surface area contributed by atoms with Crippen molar-refractivity contribution in [2.75, 3.05) is 25.2 Å². The van der Waals surface area contributed by atoms with Crippen molar-refractivity contribution in [2.45, 2.75) is 11.1 Å². The Morgan fingerprint density at radius 3 is 2.27 bits per heavy atom. The van der Waals surface area contributed by atoms with Crippen molar-refractivity contribution >= 4 is 29.3 Å². The normalized spacial score (nSPS) is 11.1. The van der Waals surface area contributed by atoms with Crippen LogP contribution in [-0.2, 0) is 11.0 Å². The summed E-state index contributed by atoms with van der Waals surface area (Å²) in [6.07, 6.45) is -2.67. The molecular formula is C18H17F3N2O2S. The minimum Gasteiger partial charge on any atom is -0.332 e. The minimum absolute atomic E-state index is 0.338. The summed E-state index contributed by atoms with van der Waals surface area (Å²) in [4.78, 5) is 26.5. The standard InChI is InChI=1S/C18H17F3N2O2S/c1-23(17(25)12-7-9-13(26-2)10-8-12)11-16(24)22-15-6-4-3-5-14(15)18(19,20)21/h3-10H,11H2,1-2H3,(H,22,24). The molecule has 2 rings (SSSR count). The highest BCUT2D eigenvalue weighted by Gasteiger charge is 2.33. The first-order valence-electron chi connectivity index (χ1n) is 7.58. The van der Waals surface area contributed by atoms with Gasteiger partial charge in [-0.2, -0.15) is 13.2 Å². The van der Waals surface area contributed by atoms with Crippen molar-refractivity contribution < 1.29 is 22.8 Å². The Hall–Kier alpha value is -2.48. The maximum Gasteiger partial charge on any atom is 0.418 e. The van der Waals surface area contributed by atoms with E-state index in [-0.39, 0.29) is 12.2 Å². The molecule has 0 aromatic heterocycles. The minimum atomic E-state index is -4.58. The van der Waals surface area contributed by atoms with Gasteiger partial charge in [0.25, 0.3) is 5.91 Å². The molecule has 0 atom stereocenters. The van der Waals surface area contributed by atoms with Crippen LogP contribution in [0.2, 0.25) is 0 Å². The van der Waals surface area contributed by atoms with E-state index in [0.29, 0.717) is 5.56 Å². The van der Waals surface area contributed by atoms with Crippen LogP contribution in [0.3, 0.4) is 0 Å². The first-order chi connectivity index (χ1) is 12.2. The number of hydrogen-bond donors (Lipinski definition) is 1. The Balaban J connectivity index is 2.04. The lowest BCUT2D eigenvalue weighted by atomic mass is 10.1. The van der Waals surface area contributed by atoms with Gasteiger partial charge in [-0.15, -0.1) is 11.8 Å². The van der Waals surface area contributed by atoms with Crippen LogP contribution in [0.5, 0.6) is 0 Å². The summed E-state index contributed by atoms with van der Waals surface area (Å²) >= 11 is 1.53. The number of benzene rings is 2. The summed E-state index contributed by atoms with van der Waals surface area (Å²) in [5.74, 6) is -1.10. The van der Waals surface area contributed by atoms with Crippen molar-refractivity contribution in [3.63, 3.8) is 0 Å². The third-order valence-corrected chi connectivity index (χ3v) is 4.31. The molecule has 0 aliphatic carbocycles. The van der Waals surface area contributed by atoms with Gasteiger partial charge in [-0.05, 0) is 42.7 Å². The molecule has 0 radical (unpaired) electrons. The van der Waals surface area contributed by atoms with E-state index >= 15 is 0 Å². The van der Waals surface area contributed by atoms with E-state index in [0.717, 1.165) is 15.9 Å². The maximum absolute atomic E-state index is 13.0. The van der Waals surface area contributed by atoms with E-state index in [1.54, 1.807) is 24.3 Å². The van der Waals surface area contributed by atoms with Gasteiger partial charge in [0.1, 0.15) is 0 Å². The third-order valence-electron chi connectivity index (χ3n) is 3.57. The first-order valence-corrected chi connectivity index (χ1v) is 8.80. The average Bonchev–Trinajstić information content (AvgIpc) is 2.60. The average molecular weight is 382 g/mol. The molecule has 2 amide bonds. The number of rotatable bonds is 5. The van der Waals surface area contributed by atoms with Crippen LogP contribution in [0, 0.1) is 0 Å². The lowest BCUT2D eigenvalue weighted by molar-refractivity contribution is -0.137. The van der Waals surface area contributed by atoms with Gasteiger partial charge in [-0.1, -0.05) is 12.1 Å². The van der Waals surface area contributed by atoms with Crippen molar-refractivity contribution in [3.8, 4) is 0 Å². The highest BCUT2D eigenvalue weighted by atomic mass is 32.2. The van der Waals surface area contributed by atoms with Crippen molar-refractivity contribution in [3.05, 3.63) is 59.7 Å². The van der Waals surface area contributed by atoms with Gasteiger partial charge in [-0.3, -0.25) is 9.59 Å². The number of amides is 2. The molecule has 8 heteroatoms. The Labute approximate surface area is 153 Å². The fraction of sp³-hybridized carbons (Fsp3) is 0.222. The van der Waals surface area contributed by atoms with Crippen LogP contribution >= 0.6 is 11.8 Å². The molecule has 0 aliphatic rings. The third kappa shape index (κ3) is 5.01. The van der Waals surface area contributed by atoms with E-state index in [2.05, 4.69) is 5.32 Å². The van der Waals surface area contributed by atoms with Gasteiger partial charge in [-0.25, -0.2) is 0 Å². The van der Waals surface area contributed by atoms with Crippen LogP contribution in [0.1, 0.15) is 15.9 Å². The van der Waals surface area contributed by atoms with Gasteiger partial charge in [0.05, 0.1) is 17.8 Å². The Bertz CT molecular complexity index is 792. The second kappa shape index (κ2) is 8.27. The number of halogens is 3. The molecule has 2 aromatic carbocycles.